The first-order valence-corrected chi connectivity index (χ1v) is 11.0. The number of anilines is 1. The van der Waals surface area contributed by atoms with E-state index in [2.05, 4.69) is 32.3 Å². The molecule has 31 heavy (non-hydrogen) atoms. The van der Waals surface area contributed by atoms with Gasteiger partial charge in [-0.05, 0) is 56.1 Å². The number of hydrogen-bond donors (Lipinski definition) is 6. The first-order chi connectivity index (χ1) is 15.1. The number of nitrogens with two attached hydrogens (primary N) is 2. The van der Waals surface area contributed by atoms with Crippen LogP contribution in [0, 0.1) is 5.92 Å². The van der Waals surface area contributed by atoms with Crippen molar-refractivity contribution in [1.82, 2.24) is 21.3 Å². The second kappa shape index (κ2) is 9.84. The molecule has 0 saturated carbocycles. The molecule has 1 saturated heterocycles. The molecule has 0 bridgehead atoms. The summed E-state index contributed by atoms with van der Waals surface area (Å²) in [5, 5.41) is 13.4. The Morgan fingerprint density at radius 2 is 2.06 bits per heavy atom. The lowest BCUT2D eigenvalue weighted by molar-refractivity contribution is 0.243. The van der Waals surface area contributed by atoms with Crippen LogP contribution in [0.2, 0.25) is 0 Å². The highest BCUT2D eigenvalue weighted by molar-refractivity contribution is 5.96. The van der Waals surface area contributed by atoms with Crippen LogP contribution in [0.25, 0.3) is 0 Å². The number of urea groups is 1. The van der Waals surface area contributed by atoms with Gasteiger partial charge in [0.15, 0.2) is 5.96 Å². The van der Waals surface area contributed by atoms with Crippen LogP contribution < -0.4 is 37.6 Å². The zero-order valence-electron chi connectivity index (χ0n) is 17.7. The van der Waals surface area contributed by atoms with Gasteiger partial charge in [-0.1, -0.05) is 12.1 Å². The Kier molecular flexibility index (Phi) is 6.73. The van der Waals surface area contributed by atoms with Crippen molar-refractivity contribution in [2.75, 3.05) is 31.1 Å². The molecule has 4 rings (SSSR count). The summed E-state index contributed by atoms with van der Waals surface area (Å²) in [6.07, 6.45) is 7.23. The van der Waals surface area contributed by atoms with Gasteiger partial charge in [0.05, 0.1) is 5.69 Å². The number of piperidine rings is 1. The largest absolute Gasteiger partial charge is 0.370 e. The summed E-state index contributed by atoms with van der Waals surface area (Å²) < 4.78 is 0. The fourth-order valence-corrected chi connectivity index (χ4v) is 4.15. The first-order valence-electron chi connectivity index (χ1n) is 11.0. The van der Waals surface area contributed by atoms with E-state index in [4.69, 9.17) is 11.5 Å². The summed E-state index contributed by atoms with van der Waals surface area (Å²) in [4.78, 5) is 18.3. The Bertz CT molecular complexity index is 866. The third-order valence-corrected chi connectivity index (χ3v) is 5.82. The number of carbonyl (C=O) groups excluding carboxylic acids is 1. The van der Waals surface area contributed by atoms with Gasteiger partial charge in [0.25, 0.3) is 0 Å². The molecule has 2 unspecified atom stereocenters. The van der Waals surface area contributed by atoms with Crippen molar-refractivity contribution in [3.8, 4) is 0 Å². The number of fused-ring (bicyclic) bond motifs is 1. The Hall–Kier alpha value is -3.04. The number of benzene rings is 1. The Labute approximate surface area is 183 Å². The highest BCUT2D eigenvalue weighted by atomic mass is 16.2. The zero-order valence-corrected chi connectivity index (χ0v) is 17.7. The minimum Gasteiger partial charge on any atom is -0.370 e. The van der Waals surface area contributed by atoms with Crippen LogP contribution in [0.15, 0.2) is 52.8 Å². The molecule has 3 aliphatic heterocycles. The van der Waals surface area contributed by atoms with Gasteiger partial charge in [-0.3, -0.25) is 9.89 Å². The summed E-state index contributed by atoms with van der Waals surface area (Å²) in [6, 6.07) is 7.91. The first kappa shape index (κ1) is 21.2. The number of carbonyl (C=O) groups is 1. The predicted molar refractivity (Wildman–Crippen MR) is 123 cm³/mol. The van der Waals surface area contributed by atoms with E-state index in [0.717, 1.165) is 49.4 Å². The van der Waals surface area contributed by atoms with Crippen molar-refractivity contribution in [2.24, 2.45) is 22.4 Å². The number of nitrogens with one attached hydrogen (secondary N) is 4. The molecule has 0 aromatic heterocycles. The SMILES string of the molecule is NC(N)=NCCCNCc1ccc(N2C=C3C=C(C4CCCNC4)NC3NC2=O)cc1. The summed E-state index contributed by atoms with van der Waals surface area (Å²) >= 11 is 0. The highest BCUT2D eigenvalue weighted by Crippen LogP contribution is 2.29. The maximum atomic E-state index is 12.7. The maximum absolute atomic E-state index is 12.7. The molecule has 1 aromatic carbocycles. The molecule has 2 atom stereocenters. The lowest BCUT2D eigenvalue weighted by Gasteiger charge is -2.30. The van der Waals surface area contributed by atoms with Crippen molar-refractivity contribution in [3.05, 3.63) is 53.4 Å². The van der Waals surface area contributed by atoms with Crippen molar-refractivity contribution in [3.63, 3.8) is 0 Å². The second-order valence-corrected chi connectivity index (χ2v) is 8.17. The fourth-order valence-electron chi connectivity index (χ4n) is 4.15. The Morgan fingerprint density at radius 3 is 2.81 bits per heavy atom. The Morgan fingerprint density at radius 1 is 1.23 bits per heavy atom. The maximum Gasteiger partial charge on any atom is 0.327 e. The van der Waals surface area contributed by atoms with E-state index in [1.54, 1.807) is 4.90 Å². The van der Waals surface area contributed by atoms with Crippen LogP contribution in [0.4, 0.5) is 10.5 Å². The van der Waals surface area contributed by atoms with Crippen LogP contribution in [-0.4, -0.2) is 44.3 Å². The third kappa shape index (κ3) is 5.36. The fraction of sp³-hybridized carbons (Fsp3) is 0.455. The van der Waals surface area contributed by atoms with E-state index < -0.39 is 0 Å². The van der Waals surface area contributed by atoms with E-state index in [1.807, 2.05) is 30.5 Å². The van der Waals surface area contributed by atoms with Crippen LogP contribution in [0.1, 0.15) is 24.8 Å². The van der Waals surface area contributed by atoms with Crippen LogP contribution in [-0.2, 0) is 6.54 Å². The molecule has 1 fully saturated rings. The van der Waals surface area contributed by atoms with Crippen LogP contribution in [0.3, 0.4) is 0 Å². The number of amides is 2. The molecule has 0 aliphatic carbocycles. The molecule has 1 aromatic rings. The summed E-state index contributed by atoms with van der Waals surface area (Å²) in [6.45, 7) is 4.28. The molecular formula is C22H32N8O. The highest BCUT2D eigenvalue weighted by Gasteiger charge is 2.33. The molecular weight excluding hydrogens is 392 g/mol. The minimum absolute atomic E-state index is 0.122. The van der Waals surface area contributed by atoms with E-state index in [1.165, 1.54) is 18.5 Å². The molecule has 9 heteroatoms. The zero-order chi connectivity index (χ0) is 21.6. The van der Waals surface area contributed by atoms with Gasteiger partial charge < -0.3 is 32.7 Å². The lowest BCUT2D eigenvalue weighted by atomic mass is 9.96. The van der Waals surface area contributed by atoms with Gasteiger partial charge >= 0.3 is 6.03 Å². The van der Waals surface area contributed by atoms with E-state index in [-0.39, 0.29) is 18.2 Å². The van der Waals surface area contributed by atoms with Crippen LogP contribution >= 0.6 is 0 Å². The lowest BCUT2D eigenvalue weighted by Crippen LogP contribution is -2.52. The summed E-state index contributed by atoms with van der Waals surface area (Å²) in [7, 11) is 0. The molecule has 166 valence electrons. The number of rotatable bonds is 8. The quantitative estimate of drug-likeness (QED) is 0.206. The van der Waals surface area contributed by atoms with Gasteiger partial charge in [-0.15, -0.1) is 0 Å². The number of aliphatic imine (C=N–C) groups is 1. The summed E-state index contributed by atoms with van der Waals surface area (Å²) in [5.41, 5.74) is 14.9. The Balaban J connectivity index is 1.34. The normalized spacial score (nSPS) is 22.7. The molecule has 3 heterocycles. The number of guanidine groups is 1. The number of hydrogen-bond acceptors (Lipinski definition) is 5. The minimum atomic E-state index is -0.136. The molecule has 2 amide bonds. The molecule has 3 aliphatic rings. The molecule has 8 N–H and O–H groups in total. The number of nitrogens with zero attached hydrogens (tertiary/aromatic N) is 2. The van der Waals surface area contributed by atoms with Gasteiger partial charge in [-0.25, -0.2) is 4.79 Å². The van der Waals surface area contributed by atoms with Crippen LogP contribution in [0.5, 0.6) is 0 Å². The topological polar surface area (TPSA) is 133 Å². The van der Waals surface area contributed by atoms with E-state index in [0.29, 0.717) is 12.5 Å². The van der Waals surface area contributed by atoms with Gasteiger partial charge in [0, 0.05) is 43.0 Å². The summed E-state index contributed by atoms with van der Waals surface area (Å²) in [5.74, 6) is 0.613. The van der Waals surface area contributed by atoms with E-state index in [9.17, 15) is 4.79 Å². The molecule has 0 radical (unpaired) electrons. The van der Waals surface area contributed by atoms with E-state index >= 15 is 0 Å². The monoisotopic (exact) mass is 424 g/mol. The third-order valence-electron chi connectivity index (χ3n) is 5.82. The standard InChI is InChI=1S/C22H32N8O/c23-21(24)27-10-2-9-25-12-15-4-6-18(7-5-15)30-14-17-11-19(16-3-1-8-26-13-16)28-20(17)29-22(30)31/h4-7,11,14,16,20,25-26,28H,1-3,8-10,12-13H2,(H,29,31)(H4,23,24,27). The van der Waals surface area contributed by atoms with Gasteiger partial charge in [0.2, 0.25) is 0 Å². The van der Waals surface area contributed by atoms with Crippen molar-refractivity contribution in [2.45, 2.75) is 32.0 Å². The van der Waals surface area contributed by atoms with Gasteiger partial charge in [0.1, 0.15) is 6.17 Å². The van der Waals surface area contributed by atoms with Crippen molar-refractivity contribution in [1.29, 1.82) is 0 Å². The molecule has 0 spiro atoms. The van der Waals surface area contributed by atoms with Crippen molar-refractivity contribution >= 4 is 17.7 Å². The van der Waals surface area contributed by atoms with Gasteiger partial charge in [-0.2, -0.15) is 0 Å². The van der Waals surface area contributed by atoms with Crippen molar-refractivity contribution < 1.29 is 4.79 Å². The predicted octanol–water partition coefficient (Wildman–Crippen LogP) is 0.666. The average Bonchev–Trinajstić information content (AvgIpc) is 3.19. The average molecular weight is 425 g/mol. The smallest absolute Gasteiger partial charge is 0.327 e. The molecule has 9 nitrogen and oxygen atoms in total. The second-order valence-electron chi connectivity index (χ2n) is 8.17.